The van der Waals surface area contributed by atoms with Gasteiger partial charge >= 0.3 is 0 Å². The van der Waals surface area contributed by atoms with Gasteiger partial charge in [0.2, 0.25) is 10.0 Å². The Bertz CT molecular complexity index is 940. The third kappa shape index (κ3) is 5.97. The summed E-state index contributed by atoms with van der Waals surface area (Å²) in [4.78, 5) is 14.9. The fourth-order valence-corrected chi connectivity index (χ4v) is 4.23. The van der Waals surface area contributed by atoms with Gasteiger partial charge in [0.25, 0.3) is 5.91 Å². The molecular formula is C22H29N3O3S. The molecule has 7 heteroatoms. The monoisotopic (exact) mass is 415 g/mol. The van der Waals surface area contributed by atoms with Crippen LogP contribution in [-0.4, -0.2) is 33.7 Å². The first-order chi connectivity index (χ1) is 13.7. The summed E-state index contributed by atoms with van der Waals surface area (Å²) in [5.41, 5.74) is 3.19. The van der Waals surface area contributed by atoms with Crippen LogP contribution in [0.4, 0.5) is 11.4 Å². The van der Waals surface area contributed by atoms with E-state index in [1.54, 1.807) is 24.3 Å². The third-order valence-corrected chi connectivity index (χ3v) is 5.82. The molecular weight excluding hydrogens is 386 g/mol. The summed E-state index contributed by atoms with van der Waals surface area (Å²) in [6, 6.07) is 14.6. The number of piperidine rings is 1. The summed E-state index contributed by atoms with van der Waals surface area (Å²) in [7, 11) is -3.33. The maximum absolute atomic E-state index is 12.5. The predicted octanol–water partition coefficient (Wildman–Crippen LogP) is 3.79. The molecule has 2 aromatic carbocycles. The van der Waals surface area contributed by atoms with E-state index in [1.807, 2.05) is 6.92 Å². The number of anilines is 2. The highest BCUT2D eigenvalue weighted by Crippen LogP contribution is 2.24. The smallest absolute Gasteiger partial charge is 0.251 e. The molecule has 2 atom stereocenters. The quantitative estimate of drug-likeness (QED) is 0.752. The maximum Gasteiger partial charge on any atom is 0.251 e. The topological polar surface area (TPSA) is 78.5 Å². The molecule has 0 aromatic heterocycles. The van der Waals surface area contributed by atoms with E-state index in [0.717, 1.165) is 30.8 Å². The molecule has 156 valence electrons. The maximum atomic E-state index is 12.5. The molecule has 1 heterocycles. The van der Waals surface area contributed by atoms with Gasteiger partial charge in [0.05, 0.1) is 12.3 Å². The molecule has 0 spiro atoms. The number of hydrogen-bond donors (Lipinski definition) is 2. The lowest BCUT2D eigenvalue weighted by atomic mass is 9.99. The summed E-state index contributed by atoms with van der Waals surface area (Å²) < 4.78 is 24.9. The van der Waals surface area contributed by atoms with Crippen LogP contribution in [0.3, 0.4) is 0 Å². The molecule has 0 unspecified atom stereocenters. The molecule has 6 nitrogen and oxygen atoms in total. The minimum atomic E-state index is -3.33. The third-order valence-electron chi connectivity index (χ3n) is 5.21. The summed E-state index contributed by atoms with van der Waals surface area (Å²) in [6.07, 6.45) is 3.61. The minimum Gasteiger partial charge on any atom is -0.371 e. The number of sulfonamides is 1. The van der Waals surface area contributed by atoms with E-state index in [1.165, 1.54) is 18.5 Å². The average Bonchev–Trinajstić information content (AvgIpc) is 2.67. The normalized spacial score (nSPS) is 18.2. The lowest BCUT2D eigenvalue weighted by molar-refractivity contribution is 0.0940. The van der Waals surface area contributed by atoms with Crippen LogP contribution in [0.15, 0.2) is 48.5 Å². The number of nitrogens with zero attached hydrogens (tertiary/aromatic N) is 1. The second-order valence-corrected chi connectivity index (χ2v) is 9.68. The first-order valence-corrected chi connectivity index (χ1v) is 11.8. The summed E-state index contributed by atoms with van der Waals surface area (Å²) in [5.74, 6) is 0.526. The second kappa shape index (κ2) is 8.86. The zero-order chi connectivity index (χ0) is 21.0. The first kappa shape index (κ1) is 21.2. The van der Waals surface area contributed by atoms with Crippen molar-refractivity contribution in [2.45, 2.75) is 32.7 Å². The van der Waals surface area contributed by atoms with Gasteiger partial charge < -0.3 is 10.2 Å². The molecule has 1 amide bonds. The first-order valence-electron chi connectivity index (χ1n) is 9.95. The Hall–Kier alpha value is -2.54. The molecule has 0 aliphatic carbocycles. The number of benzene rings is 2. The number of hydrogen-bond acceptors (Lipinski definition) is 4. The van der Waals surface area contributed by atoms with Crippen LogP contribution in [0.1, 0.15) is 48.7 Å². The molecule has 2 N–H and O–H groups in total. The molecule has 1 saturated heterocycles. The Labute approximate surface area is 173 Å². The van der Waals surface area contributed by atoms with Crippen LogP contribution in [-0.2, 0) is 10.0 Å². The fourth-order valence-electron chi connectivity index (χ4n) is 3.66. The van der Waals surface area contributed by atoms with Crippen molar-refractivity contribution in [2.24, 2.45) is 5.92 Å². The van der Waals surface area contributed by atoms with Crippen molar-refractivity contribution in [2.75, 3.05) is 29.0 Å². The van der Waals surface area contributed by atoms with E-state index in [2.05, 4.69) is 46.1 Å². The Morgan fingerprint density at radius 2 is 1.76 bits per heavy atom. The number of carbonyl (C=O) groups excluding carboxylic acids is 1. The highest BCUT2D eigenvalue weighted by molar-refractivity contribution is 7.92. The van der Waals surface area contributed by atoms with Crippen molar-refractivity contribution in [1.29, 1.82) is 0 Å². The zero-order valence-corrected chi connectivity index (χ0v) is 18.0. The van der Waals surface area contributed by atoms with Crippen molar-refractivity contribution >= 4 is 27.3 Å². The van der Waals surface area contributed by atoms with Gasteiger partial charge in [0.15, 0.2) is 0 Å². The van der Waals surface area contributed by atoms with Gasteiger partial charge in [-0.05, 0) is 67.6 Å². The average molecular weight is 416 g/mol. The van der Waals surface area contributed by atoms with Crippen molar-refractivity contribution in [3.05, 3.63) is 59.7 Å². The Morgan fingerprint density at radius 1 is 1.10 bits per heavy atom. The fraction of sp³-hybridized carbons (Fsp3) is 0.409. The molecule has 0 bridgehead atoms. The van der Waals surface area contributed by atoms with Crippen LogP contribution in [0.5, 0.6) is 0 Å². The van der Waals surface area contributed by atoms with Gasteiger partial charge in [-0.25, -0.2) is 8.42 Å². The number of nitrogens with one attached hydrogen (secondary N) is 2. The van der Waals surface area contributed by atoms with Crippen LogP contribution in [0, 0.1) is 5.92 Å². The minimum absolute atomic E-state index is 0.134. The van der Waals surface area contributed by atoms with Gasteiger partial charge in [-0.3, -0.25) is 9.52 Å². The van der Waals surface area contributed by atoms with Gasteiger partial charge in [-0.2, -0.15) is 0 Å². The summed E-state index contributed by atoms with van der Waals surface area (Å²) in [5, 5.41) is 3.00. The molecule has 1 fully saturated rings. The summed E-state index contributed by atoms with van der Waals surface area (Å²) >= 11 is 0. The molecule has 29 heavy (non-hydrogen) atoms. The van der Waals surface area contributed by atoms with E-state index in [4.69, 9.17) is 0 Å². The lowest BCUT2D eigenvalue weighted by Crippen LogP contribution is -2.34. The Morgan fingerprint density at radius 3 is 2.34 bits per heavy atom. The molecule has 1 aliphatic rings. The van der Waals surface area contributed by atoms with Crippen molar-refractivity contribution in [1.82, 2.24) is 5.32 Å². The van der Waals surface area contributed by atoms with Crippen LogP contribution in [0.25, 0.3) is 0 Å². The van der Waals surface area contributed by atoms with Crippen molar-refractivity contribution in [3.63, 3.8) is 0 Å². The highest BCUT2D eigenvalue weighted by Gasteiger charge is 2.17. The molecule has 0 radical (unpaired) electrons. The molecule has 1 aliphatic heterocycles. The van der Waals surface area contributed by atoms with Crippen LogP contribution in [0.2, 0.25) is 0 Å². The van der Waals surface area contributed by atoms with Crippen molar-refractivity contribution < 1.29 is 13.2 Å². The predicted molar refractivity (Wildman–Crippen MR) is 118 cm³/mol. The van der Waals surface area contributed by atoms with Gasteiger partial charge in [0.1, 0.15) is 0 Å². The largest absolute Gasteiger partial charge is 0.371 e. The highest BCUT2D eigenvalue weighted by atomic mass is 32.2. The standard InChI is InChI=1S/C22H29N3O3S/c1-16-5-4-14-25(15-16)21-12-8-18(9-13-21)17(2)23-22(26)19-6-10-20(11-7-19)24-29(3,27)28/h6-13,16-17,24H,4-5,14-15H2,1-3H3,(H,23,26)/t16-,17+/m0/s1. The second-order valence-electron chi connectivity index (χ2n) is 7.93. The Kier molecular flexibility index (Phi) is 6.47. The Balaban J connectivity index is 1.60. The zero-order valence-electron chi connectivity index (χ0n) is 17.2. The van der Waals surface area contributed by atoms with Gasteiger partial charge in [0, 0.05) is 30.0 Å². The number of amides is 1. The van der Waals surface area contributed by atoms with Crippen LogP contribution < -0.4 is 14.9 Å². The van der Waals surface area contributed by atoms with Crippen LogP contribution >= 0.6 is 0 Å². The number of carbonyl (C=O) groups is 1. The van der Waals surface area contributed by atoms with E-state index in [0.29, 0.717) is 11.3 Å². The van der Waals surface area contributed by atoms with E-state index < -0.39 is 10.0 Å². The molecule has 3 rings (SSSR count). The van der Waals surface area contributed by atoms with E-state index in [9.17, 15) is 13.2 Å². The lowest BCUT2D eigenvalue weighted by Gasteiger charge is -2.33. The number of rotatable bonds is 6. The van der Waals surface area contributed by atoms with Crippen molar-refractivity contribution in [3.8, 4) is 0 Å². The molecule has 0 saturated carbocycles. The van der Waals surface area contributed by atoms with E-state index in [-0.39, 0.29) is 11.9 Å². The van der Waals surface area contributed by atoms with Gasteiger partial charge in [-0.15, -0.1) is 0 Å². The van der Waals surface area contributed by atoms with E-state index >= 15 is 0 Å². The summed E-state index contributed by atoms with van der Waals surface area (Å²) in [6.45, 7) is 6.44. The SMILES string of the molecule is C[C@H]1CCCN(c2ccc([C@@H](C)NC(=O)c3ccc(NS(C)(=O)=O)cc3)cc2)C1. The van der Waals surface area contributed by atoms with Gasteiger partial charge in [-0.1, -0.05) is 19.1 Å². The molecule has 2 aromatic rings.